The Kier molecular flexibility index (Phi) is 5.44. The summed E-state index contributed by atoms with van der Waals surface area (Å²) >= 11 is 0. The summed E-state index contributed by atoms with van der Waals surface area (Å²) in [5.41, 5.74) is 5.62. The molecule has 1 aliphatic heterocycles. The number of amides is 1. The van der Waals surface area contributed by atoms with Gasteiger partial charge in [0, 0.05) is 40.6 Å². The van der Waals surface area contributed by atoms with Crippen LogP contribution in [0.4, 0.5) is 5.69 Å². The number of anilines is 1. The van der Waals surface area contributed by atoms with Gasteiger partial charge in [0.05, 0.1) is 7.11 Å². The summed E-state index contributed by atoms with van der Waals surface area (Å²) in [7, 11) is 1.62. The quantitative estimate of drug-likeness (QED) is 0.784. The predicted molar refractivity (Wildman–Crippen MR) is 117 cm³/mol. The molecule has 1 heterocycles. The van der Waals surface area contributed by atoms with Gasteiger partial charge < -0.3 is 15.4 Å². The highest BCUT2D eigenvalue weighted by molar-refractivity contribution is 6.10. The zero-order valence-corrected chi connectivity index (χ0v) is 17.5. The maximum absolute atomic E-state index is 13.5. The van der Waals surface area contributed by atoms with Crippen molar-refractivity contribution in [2.75, 3.05) is 12.4 Å². The number of Topliss-reactive ketones (excluding diaryl/α,β-unsaturated/α-hetero) is 1. The summed E-state index contributed by atoms with van der Waals surface area (Å²) in [5.74, 6) is 0.179. The molecule has 0 fully saturated rings. The van der Waals surface area contributed by atoms with Gasteiger partial charge in [0.15, 0.2) is 5.78 Å². The Morgan fingerprint density at radius 3 is 2.67 bits per heavy atom. The van der Waals surface area contributed by atoms with Gasteiger partial charge in [-0.3, -0.25) is 9.59 Å². The zero-order valence-electron chi connectivity index (χ0n) is 17.5. The van der Waals surface area contributed by atoms with Gasteiger partial charge in [0.25, 0.3) is 5.91 Å². The van der Waals surface area contributed by atoms with Crippen LogP contribution < -0.4 is 15.4 Å². The van der Waals surface area contributed by atoms with Crippen molar-refractivity contribution < 1.29 is 14.3 Å². The number of ketones is 1. The number of aryl methyl sites for hydroxylation is 1. The van der Waals surface area contributed by atoms with Crippen molar-refractivity contribution in [3.05, 3.63) is 82.2 Å². The first-order valence-corrected chi connectivity index (χ1v) is 10.2. The molecule has 2 aliphatic rings. The Morgan fingerprint density at radius 2 is 1.90 bits per heavy atom. The van der Waals surface area contributed by atoms with E-state index in [2.05, 4.69) is 10.6 Å². The molecule has 2 N–H and O–H groups in total. The number of carbonyl (C=O) groups is 2. The minimum Gasteiger partial charge on any atom is -0.497 e. The molecule has 30 heavy (non-hydrogen) atoms. The van der Waals surface area contributed by atoms with Crippen LogP contribution in [0.25, 0.3) is 0 Å². The molecule has 2 aromatic carbocycles. The summed E-state index contributed by atoms with van der Waals surface area (Å²) in [6, 6.07) is 15.3. The van der Waals surface area contributed by atoms with Gasteiger partial charge in [0.2, 0.25) is 0 Å². The smallest absolute Gasteiger partial charge is 0.254 e. The first kappa shape index (κ1) is 20.0. The summed E-state index contributed by atoms with van der Waals surface area (Å²) in [4.78, 5) is 26.4. The molecule has 0 saturated carbocycles. The number of hydrogen-bond donors (Lipinski definition) is 2. The van der Waals surface area contributed by atoms with Crippen molar-refractivity contribution in [1.82, 2.24) is 5.32 Å². The van der Waals surface area contributed by atoms with E-state index in [1.165, 1.54) is 0 Å². The van der Waals surface area contributed by atoms with Crippen molar-refractivity contribution in [2.45, 2.75) is 39.0 Å². The molecule has 1 aliphatic carbocycles. The summed E-state index contributed by atoms with van der Waals surface area (Å²) in [6.45, 7) is 3.86. The molecule has 0 spiro atoms. The predicted octanol–water partition coefficient (Wildman–Crippen LogP) is 4.61. The lowest BCUT2D eigenvalue weighted by molar-refractivity contribution is -0.116. The molecule has 5 heteroatoms. The lowest BCUT2D eigenvalue weighted by Crippen LogP contribution is -2.35. The fraction of sp³-hybridized carbons (Fsp3) is 0.280. The molecule has 2 aromatic rings. The van der Waals surface area contributed by atoms with E-state index < -0.39 is 5.92 Å². The number of carbonyl (C=O) groups excluding carboxylic acids is 2. The highest BCUT2D eigenvalue weighted by atomic mass is 16.5. The summed E-state index contributed by atoms with van der Waals surface area (Å²) in [6.07, 6.45) is 2.14. The lowest BCUT2D eigenvalue weighted by atomic mass is 9.75. The molecule has 4 rings (SSSR count). The number of para-hydroxylation sites is 1. The van der Waals surface area contributed by atoms with Gasteiger partial charge in [-0.2, -0.15) is 0 Å². The number of rotatable bonds is 4. The average Bonchev–Trinajstić information content (AvgIpc) is 2.74. The average molecular weight is 402 g/mol. The van der Waals surface area contributed by atoms with Crippen LogP contribution in [0, 0.1) is 6.92 Å². The van der Waals surface area contributed by atoms with E-state index in [0.717, 1.165) is 41.1 Å². The third-order valence-corrected chi connectivity index (χ3v) is 5.84. The number of hydrogen-bond acceptors (Lipinski definition) is 4. The monoisotopic (exact) mass is 402 g/mol. The molecule has 1 atom stereocenters. The molecular formula is C25H26N2O3. The van der Waals surface area contributed by atoms with Gasteiger partial charge >= 0.3 is 0 Å². The van der Waals surface area contributed by atoms with Crippen molar-refractivity contribution in [3.63, 3.8) is 0 Å². The van der Waals surface area contributed by atoms with Gasteiger partial charge in [-0.05, 0) is 56.0 Å². The van der Waals surface area contributed by atoms with Gasteiger partial charge in [-0.15, -0.1) is 0 Å². The van der Waals surface area contributed by atoms with Crippen LogP contribution in [-0.2, 0) is 9.59 Å². The van der Waals surface area contributed by atoms with E-state index in [0.29, 0.717) is 23.3 Å². The van der Waals surface area contributed by atoms with E-state index in [1.54, 1.807) is 7.11 Å². The van der Waals surface area contributed by atoms with E-state index >= 15 is 0 Å². The van der Waals surface area contributed by atoms with Crippen LogP contribution in [0.15, 0.2) is 71.1 Å². The number of ether oxygens (including phenoxy) is 1. The first-order valence-electron chi connectivity index (χ1n) is 10.2. The molecule has 5 nitrogen and oxygen atoms in total. The van der Waals surface area contributed by atoms with Crippen molar-refractivity contribution >= 4 is 17.4 Å². The second-order valence-electron chi connectivity index (χ2n) is 7.81. The molecule has 0 aromatic heterocycles. The van der Waals surface area contributed by atoms with Gasteiger partial charge in [0.1, 0.15) is 5.75 Å². The number of allylic oxidation sites excluding steroid dienone is 3. The van der Waals surface area contributed by atoms with Crippen LogP contribution in [-0.4, -0.2) is 18.8 Å². The third kappa shape index (κ3) is 3.63. The van der Waals surface area contributed by atoms with Crippen molar-refractivity contribution in [2.24, 2.45) is 0 Å². The lowest BCUT2D eigenvalue weighted by Gasteiger charge is -2.34. The minimum atomic E-state index is -0.423. The van der Waals surface area contributed by atoms with Crippen LogP contribution >= 0.6 is 0 Å². The van der Waals surface area contributed by atoms with Crippen LogP contribution in [0.5, 0.6) is 5.75 Å². The summed E-state index contributed by atoms with van der Waals surface area (Å²) < 4.78 is 5.41. The van der Waals surface area contributed by atoms with E-state index in [1.807, 2.05) is 62.4 Å². The molecule has 0 unspecified atom stereocenters. The van der Waals surface area contributed by atoms with Crippen LogP contribution in [0.1, 0.15) is 43.2 Å². The third-order valence-electron chi connectivity index (χ3n) is 5.84. The molecule has 1 amide bonds. The molecule has 154 valence electrons. The van der Waals surface area contributed by atoms with Crippen LogP contribution in [0.3, 0.4) is 0 Å². The van der Waals surface area contributed by atoms with Crippen LogP contribution in [0.2, 0.25) is 0 Å². The fourth-order valence-corrected chi connectivity index (χ4v) is 4.34. The van der Waals surface area contributed by atoms with Crippen molar-refractivity contribution in [3.8, 4) is 5.75 Å². The maximum atomic E-state index is 13.5. The Balaban J connectivity index is 1.81. The van der Waals surface area contributed by atoms with E-state index in [9.17, 15) is 9.59 Å². The minimum absolute atomic E-state index is 0.102. The SMILES string of the molecule is COc1cccc([C@@H]2C(C(=O)Nc3ccccc3C)=C(C)NC3=C2C(=O)CCC3)c1. The molecule has 0 bridgehead atoms. The zero-order chi connectivity index (χ0) is 21.3. The first-order chi connectivity index (χ1) is 14.5. The number of benzene rings is 2. The highest BCUT2D eigenvalue weighted by Crippen LogP contribution is 2.43. The Hall–Kier alpha value is -3.34. The van der Waals surface area contributed by atoms with Gasteiger partial charge in [-0.1, -0.05) is 30.3 Å². The maximum Gasteiger partial charge on any atom is 0.254 e. The summed E-state index contributed by atoms with van der Waals surface area (Å²) in [5, 5.41) is 6.40. The Bertz CT molecular complexity index is 1080. The second-order valence-corrected chi connectivity index (χ2v) is 7.81. The van der Waals surface area contributed by atoms with Gasteiger partial charge in [-0.25, -0.2) is 0 Å². The fourth-order valence-electron chi connectivity index (χ4n) is 4.34. The highest BCUT2D eigenvalue weighted by Gasteiger charge is 2.38. The number of nitrogens with one attached hydrogen (secondary N) is 2. The Labute approximate surface area is 176 Å². The topological polar surface area (TPSA) is 67.4 Å². The van der Waals surface area contributed by atoms with Crippen molar-refractivity contribution in [1.29, 1.82) is 0 Å². The Morgan fingerprint density at radius 1 is 1.10 bits per heavy atom. The molecule has 0 saturated heterocycles. The molecular weight excluding hydrogens is 376 g/mol. The second kappa shape index (κ2) is 8.19. The standard InChI is InChI=1S/C25H26N2O3/c1-15-8-4-5-11-19(15)27-25(29)22-16(2)26-20-12-7-13-21(28)24(20)23(22)17-9-6-10-18(14-17)30-3/h4-6,8-11,14,23,26H,7,12-13H2,1-3H3,(H,27,29)/t23-/m1/s1. The number of methoxy groups -OCH3 is 1. The number of dihydropyridines is 1. The largest absolute Gasteiger partial charge is 0.497 e. The normalized spacial score (nSPS) is 18.6. The molecule has 0 radical (unpaired) electrons. The van der Waals surface area contributed by atoms with E-state index in [4.69, 9.17) is 4.74 Å². The van der Waals surface area contributed by atoms with E-state index in [-0.39, 0.29) is 11.7 Å².